The number of hydrogen-bond donors (Lipinski definition) is 0. The molecule has 44 heavy (non-hydrogen) atoms. The largest absolute Gasteiger partial charge is 0.494 e. The summed E-state index contributed by atoms with van der Waals surface area (Å²) in [5.74, 6) is 2.35. The summed E-state index contributed by atoms with van der Waals surface area (Å²) >= 11 is 6.67. The number of aromatic nitrogens is 2. The average molecular weight is 610 g/mol. The molecule has 0 aliphatic carbocycles. The molecule has 1 aromatic heterocycles. The molecule has 5 aromatic rings. The number of fused-ring (bicyclic) bond motifs is 1. The summed E-state index contributed by atoms with van der Waals surface area (Å²) in [5.41, 5.74) is 5.89. The molecule has 1 heterocycles. The summed E-state index contributed by atoms with van der Waals surface area (Å²) < 4.78 is 18.9. The zero-order valence-electron chi connectivity index (χ0n) is 25.8. The van der Waals surface area contributed by atoms with Gasteiger partial charge in [-0.25, -0.2) is 4.98 Å². The minimum absolute atomic E-state index is 0.196. The quantitative estimate of drug-likeness (QED) is 0.149. The number of aryl methyl sites for hydroxylation is 2. The zero-order valence-corrected chi connectivity index (χ0v) is 26.6. The smallest absolute Gasteiger partial charge is 0.282 e. The van der Waals surface area contributed by atoms with E-state index in [9.17, 15) is 4.79 Å². The summed E-state index contributed by atoms with van der Waals surface area (Å²) in [6.07, 6.45) is 1.58. The standard InChI is InChI=1S/C36H36ClN3O4/c1-7-43-32-16-24(5)29(19-28(32)22(2)3)35-39-31-11-9-8-10-27(31)36(41)40(35)38-20-26-17-30(37)34(33(18-26)42-6)44-21-25-14-12-23(4)13-15-25/h8-20,22H,7,21H2,1-6H3. The molecule has 4 aromatic carbocycles. The lowest BCUT2D eigenvalue weighted by Gasteiger charge is -2.18. The molecule has 0 bridgehead atoms. The van der Waals surface area contributed by atoms with E-state index in [0.29, 0.717) is 52.0 Å². The lowest BCUT2D eigenvalue weighted by Crippen LogP contribution is -2.21. The van der Waals surface area contributed by atoms with Gasteiger partial charge in [0.2, 0.25) is 0 Å². The van der Waals surface area contributed by atoms with Gasteiger partial charge in [0.05, 0.1) is 35.9 Å². The van der Waals surface area contributed by atoms with Crippen molar-refractivity contribution in [2.75, 3.05) is 13.7 Å². The number of halogens is 1. The van der Waals surface area contributed by atoms with Crippen molar-refractivity contribution < 1.29 is 14.2 Å². The van der Waals surface area contributed by atoms with E-state index in [1.54, 1.807) is 31.5 Å². The second-order valence-electron chi connectivity index (χ2n) is 10.9. The molecule has 0 fully saturated rings. The predicted molar refractivity (Wildman–Crippen MR) is 178 cm³/mol. The lowest BCUT2D eigenvalue weighted by molar-refractivity contribution is 0.284. The van der Waals surface area contributed by atoms with Crippen LogP contribution in [0.2, 0.25) is 5.02 Å². The molecule has 8 heteroatoms. The first-order valence-electron chi connectivity index (χ1n) is 14.6. The second-order valence-corrected chi connectivity index (χ2v) is 11.3. The minimum Gasteiger partial charge on any atom is -0.494 e. The molecule has 226 valence electrons. The maximum Gasteiger partial charge on any atom is 0.282 e. The van der Waals surface area contributed by atoms with Gasteiger partial charge in [-0.15, -0.1) is 0 Å². The molecule has 0 amide bonds. The summed E-state index contributed by atoms with van der Waals surface area (Å²) in [7, 11) is 1.56. The molecule has 0 aliphatic rings. The van der Waals surface area contributed by atoms with Gasteiger partial charge >= 0.3 is 0 Å². The molecule has 0 spiro atoms. The summed E-state index contributed by atoms with van der Waals surface area (Å²) in [6, 6.07) is 22.9. The van der Waals surface area contributed by atoms with Crippen LogP contribution < -0.4 is 19.8 Å². The van der Waals surface area contributed by atoms with Crippen LogP contribution in [0.25, 0.3) is 22.3 Å². The highest BCUT2D eigenvalue weighted by atomic mass is 35.5. The van der Waals surface area contributed by atoms with Crippen molar-refractivity contribution in [1.29, 1.82) is 0 Å². The first-order valence-corrected chi connectivity index (χ1v) is 15.0. The molecule has 0 radical (unpaired) electrons. The van der Waals surface area contributed by atoms with Gasteiger partial charge in [0.25, 0.3) is 5.56 Å². The van der Waals surface area contributed by atoms with Gasteiger partial charge in [-0.3, -0.25) is 4.79 Å². The molecule has 7 nitrogen and oxygen atoms in total. The lowest BCUT2D eigenvalue weighted by atomic mass is 9.96. The molecule has 0 saturated carbocycles. The molecule has 0 aliphatic heterocycles. The number of nitrogens with zero attached hydrogens (tertiary/aromatic N) is 3. The van der Waals surface area contributed by atoms with E-state index in [-0.39, 0.29) is 11.5 Å². The maximum absolute atomic E-state index is 13.8. The highest BCUT2D eigenvalue weighted by Gasteiger charge is 2.19. The first-order chi connectivity index (χ1) is 21.2. The van der Waals surface area contributed by atoms with Gasteiger partial charge in [0.15, 0.2) is 17.3 Å². The molecule has 5 rings (SSSR count). The summed E-state index contributed by atoms with van der Waals surface area (Å²) in [4.78, 5) is 18.8. The first kappa shape index (κ1) is 30.8. The Balaban J connectivity index is 1.58. The number of benzene rings is 4. The van der Waals surface area contributed by atoms with Crippen molar-refractivity contribution in [2.24, 2.45) is 5.10 Å². The third kappa shape index (κ3) is 6.48. The van der Waals surface area contributed by atoms with Gasteiger partial charge < -0.3 is 14.2 Å². The van der Waals surface area contributed by atoms with Crippen molar-refractivity contribution in [3.05, 3.63) is 116 Å². The van der Waals surface area contributed by atoms with Gasteiger partial charge in [-0.05, 0) is 85.3 Å². The fourth-order valence-electron chi connectivity index (χ4n) is 4.99. The van der Waals surface area contributed by atoms with Gasteiger partial charge in [-0.1, -0.05) is 67.4 Å². The van der Waals surface area contributed by atoms with Crippen molar-refractivity contribution in [3.63, 3.8) is 0 Å². The topological polar surface area (TPSA) is 74.9 Å². The van der Waals surface area contributed by atoms with Crippen molar-refractivity contribution in [1.82, 2.24) is 9.66 Å². The van der Waals surface area contributed by atoms with Crippen molar-refractivity contribution in [3.8, 4) is 28.6 Å². The van der Waals surface area contributed by atoms with Crippen LogP contribution in [0.4, 0.5) is 0 Å². The summed E-state index contributed by atoms with van der Waals surface area (Å²) in [5, 5.41) is 5.49. The van der Waals surface area contributed by atoms with Crippen molar-refractivity contribution >= 4 is 28.7 Å². The Morgan fingerprint density at radius 3 is 2.43 bits per heavy atom. The van der Waals surface area contributed by atoms with E-state index in [0.717, 1.165) is 28.0 Å². The van der Waals surface area contributed by atoms with E-state index in [4.69, 9.17) is 30.8 Å². The molecule has 0 unspecified atom stereocenters. The van der Waals surface area contributed by atoms with E-state index in [1.807, 2.05) is 75.4 Å². The second kappa shape index (κ2) is 13.3. The molecule has 0 N–H and O–H groups in total. The van der Waals surface area contributed by atoms with Crippen LogP contribution in [0.1, 0.15) is 54.5 Å². The average Bonchev–Trinajstić information content (AvgIpc) is 3.00. The van der Waals surface area contributed by atoms with Crippen LogP contribution in [0.5, 0.6) is 17.2 Å². The van der Waals surface area contributed by atoms with E-state index in [1.165, 1.54) is 10.2 Å². The fourth-order valence-corrected chi connectivity index (χ4v) is 5.27. The predicted octanol–water partition coefficient (Wildman–Crippen LogP) is 8.33. The Morgan fingerprint density at radius 1 is 0.977 bits per heavy atom. The third-order valence-electron chi connectivity index (χ3n) is 7.35. The van der Waals surface area contributed by atoms with Crippen LogP contribution in [0, 0.1) is 13.8 Å². The number of rotatable bonds is 10. The number of ether oxygens (including phenoxy) is 3. The molecule has 0 atom stereocenters. The van der Waals surface area contributed by atoms with E-state index in [2.05, 4.69) is 18.9 Å². The fraction of sp³-hybridized carbons (Fsp3) is 0.250. The molecular formula is C36H36ClN3O4. The van der Waals surface area contributed by atoms with Crippen molar-refractivity contribution in [2.45, 2.75) is 47.1 Å². The highest BCUT2D eigenvalue weighted by molar-refractivity contribution is 6.32. The Hall–Kier alpha value is -4.62. The SMILES string of the molecule is CCOc1cc(C)c(-c2nc3ccccc3c(=O)n2N=Cc2cc(Cl)c(OCc3ccc(C)cc3)c(OC)c2)cc1C(C)C. The van der Waals surface area contributed by atoms with Crippen LogP contribution in [-0.2, 0) is 6.61 Å². The molecule has 0 saturated heterocycles. The Kier molecular flexibility index (Phi) is 9.35. The van der Waals surface area contributed by atoms with Crippen LogP contribution in [0.3, 0.4) is 0 Å². The Morgan fingerprint density at radius 2 is 1.73 bits per heavy atom. The highest BCUT2D eigenvalue weighted by Crippen LogP contribution is 2.37. The zero-order chi connectivity index (χ0) is 31.4. The maximum atomic E-state index is 13.8. The van der Waals surface area contributed by atoms with Crippen LogP contribution in [-0.4, -0.2) is 29.6 Å². The van der Waals surface area contributed by atoms with Gasteiger partial charge in [0, 0.05) is 5.56 Å². The number of hydrogen-bond acceptors (Lipinski definition) is 6. The number of para-hydroxylation sites is 1. The van der Waals surface area contributed by atoms with E-state index < -0.39 is 0 Å². The Bertz CT molecular complexity index is 1900. The minimum atomic E-state index is -0.280. The Labute approximate surface area is 262 Å². The van der Waals surface area contributed by atoms with Gasteiger partial charge in [0.1, 0.15) is 12.4 Å². The number of methoxy groups -OCH3 is 1. The molecular weight excluding hydrogens is 574 g/mol. The van der Waals surface area contributed by atoms with E-state index >= 15 is 0 Å². The normalized spacial score (nSPS) is 11.5. The van der Waals surface area contributed by atoms with Crippen LogP contribution in [0.15, 0.2) is 82.7 Å². The van der Waals surface area contributed by atoms with Gasteiger partial charge in [-0.2, -0.15) is 9.78 Å². The monoisotopic (exact) mass is 609 g/mol. The van der Waals surface area contributed by atoms with Crippen LogP contribution >= 0.6 is 11.6 Å². The summed E-state index contributed by atoms with van der Waals surface area (Å²) in [6.45, 7) is 11.1. The third-order valence-corrected chi connectivity index (χ3v) is 7.63.